The second-order valence-corrected chi connectivity index (χ2v) is 10.7. The van der Waals surface area contributed by atoms with Crippen LogP contribution in [0.4, 0.5) is 13.2 Å². The highest BCUT2D eigenvalue weighted by molar-refractivity contribution is 7.86. The van der Waals surface area contributed by atoms with Crippen molar-refractivity contribution in [2.45, 2.75) is 37.1 Å². The Hall–Kier alpha value is -2.41. The summed E-state index contributed by atoms with van der Waals surface area (Å²) >= 11 is 0. The largest absolute Gasteiger partial charge is 0.522 e. The first-order chi connectivity index (χ1) is 15.4. The van der Waals surface area contributed by atoms with E-state index in [9.17, 15) is 13.2 Å². The summed E-state index contributed by atoms with van der Waals surface area (Å²) in [6.45, 7) is 2.59. The first kappa shape index (κ1) is 23.7. The van der Waals surface area contributed by atoms with E-state index in [1.54, 1.807) is 11.1 Å². The quantitative estimate of drug-likeness (QED) is 0.461. The van der Waals surface area contributed by atoms with E-state index in [0.717, 1.165) is 17.4 Å². The first-order valence-corrected chi connectivity index (χ1v) is 12.2. The van der Waals surface area contributed by atoms with Crippen LogP contribution in [0, 0.1) is 22.7 Å². The molecule has 176 valence electrons. The monoisotopic (exact) mass is 478 g/mol. The average molecular weight is 479 g/mol. The summed E-state index contributed by atoms with van der Waals surface area (Å²) in [6.07, 6.45) is 5.37. The van der Waals surface area contributed by atoms with Crippen molar-refractivity contribution < 1.29 is 26.1 Å². The highest BCUT2D eigenvalue weighted by atomic mass is 32.2. The van der Waals surface area contributed by atoms with E-state index in [1.807, 2.05) is 12.1 Å². The molecular formula is C24H25F3N2O3S. The molecule has 5 rings (SSSR count). The van der Waals surface area contributed by atoms with Gasteiger partial charge in [0, 0.05) is 13.1 Å². The number of nitrogens with zero attached hydrogens (tertiary/aromatic N) is 2. The van der Waals surface area contributed by atoms with Crippen molar-refractivity contribution >= 4 is 10.1 Å². The van der Waals surface area contributed by atoms with Gasteiger partial charge in [0.15, 0.2) is 0 Å². The Morgan fingerprint density at radius 2 is 1.76 bits per heavy atom. The molecule has 1 saturated carbocycles. The third kappa shape index (κ3) is 4.39. The maximum atomic E-state index is 10.7. The smallest absolute Gasteiger partial charge is 0.305 e. The van der Waals surface area contributed by atoms with E-state index in [2.05, 4.69) is 48.3 Å². The number of alkyl halides is 3. The van der Waals surface area contributed by atoms with Crippen LogP contribution >= 0.6 is 0 Å². The van der Waals surface area contributed by atoms with Gasteiger partial charge < -0.3 is 4.90 Å². The number of benzene rings is 2. The number of hydrogen-bond acceptors (Lipinski definition) is 4. The average Bonchev–Trinajstić information content (AvgIpc) is 3.25. The molecule has 2 fully saturated rings. The molecule has 1 saturated heterocycles. The SMILES string of the molecule is CN1CC2CCC3c4ccc(-c5ccc(C#N)cc5)cc4CCC23C1.O=S(=O)(O)C(F)(F)F. The fourth-order valence-electron chi connectivity index (χ4n) is 6.05. The predicted molar refractivity (Wildman–Crippen MR) is 118 cm³/mol. The Morgan fingerprint density at radius 3 is 2.36 bits per heavy atom. The van der Waals surface area contributed by atoms with Crippen molar-refractivity contribution in [1.82, 2.24) is 4.90 Å². The van der Waals surface area contributed by atoms with Crippen LogP contribution in [0.15, 0.2) is 42.5 Å². The lowest BCUT2D eigenvalue weighted by molar-refractivity contribution is -0.0510. The van der Waals surface area contributed by atoms with E-state index >= 15 is 0 Å². The summed E-state index contributed by atoms with van der Waals surface area (Å²) in [5.41, 5.74) is 1.44. The summed E-state index contributed by atoms with van der Waals surface area (Å²) in [5, 5.41) is 8.98. The molecule has 1 aliphatic heterocycles. The minimum Gasteiger partial charge on any atom is -0.305 e. The van der Waals surface area contributed by atoms with Crippen molar-refractivity contribution in [1.29, 1.82) is 5.26 Å². The number of fused-ring (bicyclic) bond motifs is 2. The molecule has 2 aromatic carbocycles. The van der Waals surface area contributed by atoms with Crippen LogP contribution in [0.5, 0.6) is 0 Å². The third-order valence-corrected chi connectivity index (χ3v) is 8.01. The van der Waals surface area contributed by atoms with Gasteiger partial charge in [0.25, 0.3) is 0 Å². The van der Waals surface area contributed by atoms with Crippen LogP contribution in [0.1, 0.15) is 41.9 Å². The zero-order chi connectivity index (χ0) is 24.0. The minimum absolute atomic E-state index is 0.553. The number of nitriles is 1. The second kappa shape index (κ2) is 8.42. The molecule has 33 heavy (non-hydrogen) atoms. The molecule has 3 atom stereocenters. The number of hydrogen-bond donors (Lipinski definition) is 1. The van der Waals surface area contributed by atoms with Gasteiger partial charge in [-0.2, -0.15) is 26.9 Å². The van der Waals surface area contributed by atoms with Gasteiger partial charge >= 0.3 is 15.6 Å². The van der Waals surface area contributed by atoms with Crippen LogP contribution in [0.3, 0.4) is 0 Å². The van der Waals surface area contributed by atoms with E-state index in [1.165, 1.54) is 49.9 Å². The maximum Gasteiger partial charge on any atom is 0.522 e. The molecule has 0 aromatic heterocycles. The highest BCUT2D eigenvalue weighted by Gasteiger charge is 2.56. The first-order valence-electron chi connectivity index (χ1n) is 10.8. The lowest BCUT2D eigenvalue weighted by Gasteiger charge is -2.41. The molecule has 3 aliphatic rings. The van der Waals surface area contributed by atoms with Crippen LogP contribution in [-0.2, 0) is 16.5 Å². The molecule has 3 unspecified atom stereocenters. The molecule has 1 spiro atoms. The molecule has 2 aliphatic carbocycles. The summed E-state index contributed by atoms with van der Waals surface area (Å²) in [5.74, 6) is 1.68. The Morgan fingerprint density at radius 1 is 1.12 bits per heavy atom. The van der Waals surface area contributed by atoms with Crippen molar-refractivity contribution in [3.8, 4) is 17.2 Å². The van der Waals surface area contributed by atoms with Gasteiger partial charge in [0.1, 0.15) is 0 Å². The Kier molecular flexibility index (Phi) is 6.06. The molecule has 5 nitrogen and oxygen atoms in total. The highest BCUT2D eigenvalue weighted by Crippen LogP contribution is 2.61. The van der Waals surface area contributed by atoms with Crippen molar-refractivity contribution in [2.24, 2.45) is 11.3 Å². The number of halogens is 3. The summed E-state index contributed by atoms with van der Waals surface area (Å²) < 4.78 is 57.5. The zero-order valence-corrected chi connectivity index (χ0v) is 19.0. The Labute approximate surface area is 191 Å². The Bertz CT molecular complexity index is 1190. The fraction of sp³-hybridized carbons (Fsp3) is 0.458. The third-order valence-electron chi connectivity index (χ3n) is 7.43. The van der Waals surface area contributed by atoms with Gasteiger partial charge in [0.05, 0.1) is 11.6 Å². The van der Waals surface area contributed by atoms with Gasteiger partial charge in [-0.1, -0.05) is 30.3 Å². The molecule has 0 radical (unpaired) electrons. The second-order valence-electron chi connectivity index (χ2n) is 9.28. The van der Waals surface area contributed by atoms with E-state index in [0.29, 0.717) is 5.41 Å². The predicted octanol–water partition coefficient (Wildman–Crippen LogP) is 4.99. The number of likely N-dealkylation sites (tertiary alicyclic amines) is 1. The molecule has 1 heterocycles. The lowest BCUT2D eigenvalue weighted by Crippen LogP contribution is -2.36. The number of rotatable bonds is 1. The minimum atomic E-state index is -5.84. The maximum absolute atomic E-state index is 10.7. The molecule has 0 amide bonds. The van der Waals surface area contributed by atoms with Crippen LogP contribution in [0.2, 0.25) is 0 Å². The topological polar surface area (TPSA) is 81.4 Å². The van der Waals surface area contributed by atoms with E-state index in [4.69, 9.17) is 18.2 Å². The van der Waals surface area contributed by atoms with Crippen LogP contribution < -0.4 is 0 Å². The lowest BCUT2D eigenvalue weighted by atomic mass is 9.63. The summed E-state index contributed by atoms with van der Waals surface area (Å²) in [6, 6.07) is 17.3. The van der Waals surface area contributed by atoms with Gasteiger partial charge in [-0.15, -0.1) is 0 Å². The van der Waals surface area contributed by atoms with Crippen LogP contribution in [-0.4, -0.2) is 43.5 Å². The summed E-state index contributed by atoms with van der Waals surface area (Å²) in [4.78, 5) is 2.56. The zero-order valence-electron chi connectivity index (χ0n) is 18.1. The molecule has 0 bridgehead atoms. The van der Waals surface area contributed by atoms with Crippen LogP contribution in [0.25, 0.3) is 11.1 Å². The van der Waals surface area contributed by atoms with Crippen molar-refractivity contribution in [3.63, 3.8) is 0 Å². The van der Waals surface area contributed by atoms with E-state index in [-0.39, 0.29) is 0 Å². The van der Waals surface area contributed by atoms with Crippen molar-refractivity contribution in [3.05, 3.63) is 59.2 Å². The normalized spacial score (nSPS) is 26.4. The standard InChI is InChI=1S/C23H24N2.CHF3O3S/c1-25-14-20-7-9-22-21-8-6-18(17-4-2-16(13-24)3-5-17)12-19(21)10-11-23(20,22)15-25;2-1(3,4)8(5,6)7/h2-6,8,12,20,22H,7,9-11,14-15H2,1H3;(H,5,6,7). The van der Waals surface area contributed by atoms with Gasteiger partial charge in [-0.25, -0.2) is 0 Å². The molecule has 9 heteroatoms. The molecular weight excluding hydrogens is 453 g/mol. The Balaban J connectivity index is 0.000000281. The number of aryl methyl sites for hydroxylation is 1. The van der Waals surface area contributed by atoms with Gasteiger partial charge in [-0.05, 0) is 84.4 Å². The molecule has 1 N–H and O–H groups in total. The fourth-order valence-corrected chi connectivity index (χ4v) is 6.05. The van der Waals surface area contributed by atoms with E-state index < -0.39 is 15.6 Å². The van der Waals surface area contributed by atoms with Gasteiger partial charge in [-0.3, -0.25) is 4.55 Å². The molecule has 2 aromatic rings. The summed E-state index contributed by atoms with van der Waals surface area (Å²) in [7, 11) is -3.54. The van der Waals surface area contributed by atoms with Crippen molar-refractivity contribution in [2.75, 3.05) is 20.1 Å². The van der Waals surface area contributed by atoms with Gasteiger partial charge in [0.2, 0.25) is 0 Å².